The molecule has 2 aromatic carbocycles. The molecular weight excluding hydrogens is 333 g/mol. The number of hydrogen-bond acceptors (Lipinski definition) is 5. The fourth-order valence-electron chi connectivity index (χ4n) is 3.21. The van der Waals surface area contributed by atoms with Crippen molar-refractivity contribution in [2.24, 2.45) is 0 Å². The number of benzene rings is 2. The average Bonchev–Trinajstić information content (AvgIpc) is 2.67. The van der Waals surface area contributed by atoms with Gasteiger partial charge in [-0.2, -0.15) is 5.26 Å². The molecule has 134 valence electrons. The number of rotatable bonds is 4. The van der Waals surface area contributed by atoms with Crippen molar-refractivity contribution < 1.29 is 13.9 Å². The molecule has 1 saturated heterocycles. The molecule has 0 saturated carbocycles. The maximum absolute atomic E-state index is 13.4. The molecule has 0 bridgehead atoms. The molecule has 1 aliphatic heterocycles. The van der Waals surface area contributed by atoms with Gasteiger partial charge in [0.2, 0.25) is 0 Å². The molecule has 0 atom stereocenters. The van der Waals surface area contributed by atoms with Crippen LogP contribution in [0.3, 0.4) is 0 Å². The van der Waals surface area contributed by atoms with E-state index in [0.29, 0.717) is 43.1 Å². The number of ketones is 1. The molecule has 0 amide bonds. The first-order valence-corrected chi connectivity index (χ1v) is 8.42. The van der Waals surface area contributed by atoms with E-state index in [9.17, 15) is 14.4 Å². The van der Waals surface area contributed by atoms with Gasteiger partial charge in [0.15, 0.2) is 5.78 Å². The minimum atomic E-state index is -0.330. The number of methoxy groups -OCH3 is 1. The van der Waals surface area contributed by atoms with Gasteiger partial charge >= 0.3 is 0 Å². The van der Waals surface area contributed by atoms with Crippen molar-refractivity contribution in [3.63, 3.8) is 0 Å². The van der Waals surface area contributed by atoms with Gasteiger partial charge in [-0.15, -0.1) is 0 Å². The van der Waals surface area contributed by atoms with Crippen LogP contribution in [0, 0.1) is 17.1 Å². The zero-order chi connectivity index (χ0) is 18.7. The Labute approximate surface area is 152 Å². The number of anilines is 2. The van der Waals surface area contributed by atoms with E-state index in [-0.39, 0.29) is 11.6 Å². The van der Waals surface area contributed by atoms with E-state index < -0.39 is 0 Å². The topological polar surface area (TPSA) is 56.6 Å². The molecule has 6 heteroatoms. The fraction of sp³-hybridized carbons (Fsp3) is 0.300. The summed E-state index contributed by atoms with van der Waals surface area (Å²) in [4.78, 5) is 15.9. The number of carbonyl (C=O) groups excluding carboxylic acids is 1. The molecular formula is C20H20FN3O2. The van der Waals surface area contributed by atoms with Crippen LogP contribution in [-0.4, -0.2) is 39.1 Å². The highest BCUT2D eigenvalue weighted by molar-refractivity contribution is 5.95. The number of nitrogens with zero attached hydrogens (tertiary/aromatic N) is 3. The van der Waals surface area contributed by atoms with Gasteiger partial charge in [0.25, 0.3) is 0 Å². The molecule has 26 heavy (non-hydrogen) atoms. The van der Waals surface area contributed by atoms with Gasteiger partial charge < -0.3 is 14.5 Å². The van der Waals surface area contributed by atoms with E-state index in [4.69, 9.17) is 4.74 Å². The second-order valence-electron chi connectivity index (χ2n) is 6.19. The second kappa shape index (κ2) is 7.44. The second-order valence-corrected chi connectivity index (χ2v) is 6.19. The van der Waals surface area contributed by atoms with E-state index in [2.05, 4.69) is 15.9 Å². The molecule has 0 unspecified atom stereocenters. The Morgan fingerprint density at radius 3 is 2.31 bits per heavy atom. The summed E-state index contributed by atoms with van der Waals surface area (Å²) in [6, 6.07) is 11.9. The van der Waals surface area contributed by atoms with E-state index in [1.807, 2.05) is 0 Å². The van der Waals surface area contributed by atoms with Crippen LogP contribution in [0.15, 0.2) is 36.4 Å². The highest BCUT2D eigenvalue weighted by atomic mass is 19.1. The summed E-state index contributed by atoms with van der Waals surface area (Å²) in [6.07, 6.45) is 0. The van der Waals surface area contributed by atoms with Crippen LogP contribution in [0.5, 0.6) is 5.75 Å². The number of halogens is 1. The lowest BCUT2D eigenvalue weighted by Gasteiger charge is -2.38. The number of piperazine rings is 1. The summed E-state index contributed by atoms with van der Waals surface area (Å²) in [5, 5.41) is 9.38. The summed E-state index contributed by atoms with van der Waals surface area (Å²) >= 11 is 0. The van der Waals surface area contributed by atoms with Gasteiger partial charge in [0, 0.05) is 37.8 Å². The Balaban J connectivity index is 1.80. The van der Waals surface area contributed by atoms with E-state index in [1.165, 1.54) is 26.2 Å². The SMILES string of the molecule is COc1cc(F)ccc1N1CCN(c2cc(C(C)=O)ccc2C#N)CC1. The summed E-state index contributed by atoms with van der Waals surface area (Å²) in [5.41, 5.74) is 2.79. The van der Waals surface area contributed by atoms with Gasteiger partial charge in [0.1, 0.15) is 17.6 Å². The smallest absolute Gasteiger partial charge is 0.159 e. The predicted molar refractivity (Wildman–Crippen MR) is 98.5 cm³/mol. The van der Waals surface area contributed by atoms with E-state index in [0.717, 1.165) is 11.4 Å². The Morgan fingerprint density at radius 1 is 1.08 bits per heavy atom. The van der Waals surface area contributed by atoms with Crippen LogP contribution >= 0.6 is 0 Å². The summed E-state index contributed by atoms with van der Waals surface area (Å²) < 4.78 is 18.7. The van der Waals surface area contributed by atoms with E-state index in [1.54, 1.807) is 24.3 Å². The average molecular weight is 353 g/mol. The maximum atomic E-state index is 13.4. The van der Waals surface area contributed by atoms with Crippen molar-refractivity contribution >= 4 is 17.2 Å². The molecule has 3 rings (SSSR count). The largest absolute Gasteiger partial charge is 0.494 e. The predicted octanol–water partition coefficient (Wildman–Crippen LogP) is 3.24. The fourth-order valence-corrected chi connectivity index (χ4v) is 3.21. The van der Waals surface area contributed by atoms with Crippen molar-refractivity contribution in [3.05, 3.63) is 53.3 Å². The van der Waals surface area contributed by atoms with Crippen molar-refractivity contribution in [1.29, 1.82) is 5.26 Å². The lowest BCUT2D eigenvalue weighted by Crippen LogP contribution is -2.47. The first-order valence-electron chi connectivity index (χ1n) is 8.42. The lowest BCUT2D eigenvalue weighted by molar-refractivity contribution is 0.101. The molecule has 5 nitrogen and oxygen atoms in total. The summed E-state index contributed by atoms with van der Waals surface area (Å²) in [6.45, 7) is 4.31. The van der Waals surface area contributed by atoms with Gasteiger partial charge in [-0.05, 0) is 37.3 Å². The number of carbonyl (C=O) groups is 1. The Hall–Kier alpha value is -3.07. The third-order valence-corrected chi connectivity index (χ3v) is 4.63. The minimum absolute atomic E-state index is 0.0228. The van der Waals surface area contributed by atoms with Crippen LogP contribution in [-0.2, 0) is 0 Å². The number of nitriles is 1. The molecule has 0 aliphatic carbocycles. The zero-order valence-corrected chi connectivity index (χ0v) is 14.8. The Morgan fingerprint density at radius 2 is 1.73 bits per heavy atom. The molecule has 0 spiro atoms. The van der Waals surface area contributed by atoms with Gasteiger partial charge in [-0.3, -0.25) is 4.79 Å². The zero-order valence-electron chi connectivity index (χ0n) is 14.8. The lowest BCUT2D eigenvalue weighted by atomic mass is 10.1. The number of Topliss-reactive ketones (excluding diaryl/α,β-unsaturated/α-hetero) is 1. The molecule has 0 aromatic heterocycles. The Kier molecular flexibility index (Phi) is 5.08. The van der Waals surface area contributed by atoms with Crippen molar-refractivity contribution in [2.75, 3.05) is 43.1 Å². The summed E-state index contributed by atoms with van der Waals surface area (Å²) in [7, 11) is 1.53. The van der Waals surface area contributed by atoms with Crippen molar-refractivity contribution in [2.45, 2.75) is 6.92 Å². The van der Waals surface area contributed by atoms with Crippen LogP contribution in [0.4, 0.5) is 15.8 Å². The Bertz CT molecular complexity index is 868. The van der Waals surface area contributed by atoms with Crippen molar-refractivity contribution in [1.82, 2.24) is 0 Å². The van der Waals surface area contributed by atoms with E-state index >= 15 is 0 Å². The third-order valence-electron chi connectivity index (χ3n) is 4.63. The normalized spacial score (nSPS) is 14.1. The molecule has 0 radical (unpaired) electrons. The molecule has 0 N–H and O–H groups in total. The third kappa shape index (κ3) is 3.47. The first kappa shape index (κ1) is 17.7. The highest BCUT2D eigenvalue weighted by Gasteiger charge is 2.22. The van der Waals surface area contributed by atoms with Crippen LogP contribution in [0.2, 0.25) is 0 Å². The highest BCUT2D eigenvalue weighted by Crippen LogP contribution is 2.31. The summed E-state index contributed by atoms with van der Waals surface area (Å²) in [5.74, 6) is 0.157. The standard InChI is InChI=1S/C20H20FN3O2/c1-14(25)15-3-4-16(13-22)19(11-15)24-9-7-23(8-10-24)18-6-5-17(21)12-20(18)26-2/h3-6,11-12H,7-10H2,1-2H3. The van der Waals surface area contributed by atoms with Crippen LogP contribution < -0.4 is 14.5 Å². The molecule has 1 aliphatic rings. The van der Waals surface area contributed by atoms with Crippen LogP contribution in [0.1, 0.15) is 22.8 Å². The maximum Gasteiger partial charge on any atom is 0.159 e. The van der Waals surface area contributed by atoms with Crippen LogP contribution in [0.25, 0.3) is 0 Å². The number of ether oxygens (including phenoxy) is 1. The monoisotopic (exact) mass is 353 g/mol. The van der Waals surface area contributed by atoms with Gasteiger partial charge in [-0.25, -0.2) is 4.39 Å². The van der Waals surface area contributed by atoms with Crippen molar-refractivity contribution in [3.8, 4) is 11.8 Å². The molecule has 1 fully saturated rings. The van der Waals surface area contributed by atoms with Gasteiger partial charge in [0.05, 0.1) is 24.0 Å². The van der Waals surface area contributed by atoms with Gasteiger partial charge in [-0.1, -0.05) is 0 Å². The molecule has 2 aromatic rings. The minimum Gasteiger partial charge on any atom is -0.494 e. The first-order chi connectivity index (χ1) is 12.5. The number of hydrogen-bond donors (Lipinski definition) is 0. The molecule has 1 heterocycles. The quantitative estimate of drug-likeness (QED) is 0.790.